The molecule has 0 heterocycles. The molecular formula is C31H26BrN3O3S. The Balaban J connectivity index is 1.41. The third-order valence-electron chi connectivity index (χ3n) is 5.55. The number of halogens is 1. The third-order valence-corrected chi connectivity index (χ3v) is 7.19. The summed E-state index contributed by atoms with van der Waals surface area (Å²) in [7, 11) is 0. The van der Waals surface area contributed by atoms with E-state index in [4.69, 9.17) is 0 Å². The molecule has 3 N–H and O–H groups in total. The molecule has 4 aromatic rings. The number of hydrogen-bond donors (Lipinski definition) is 3. The van der Waals surface area contributed by atoms with Crippen LogP contribution in [0.15, 0.2) is 124 Å². The molecule has 0 aliphatic carbocycles. The summed E-state index contributed by atoms with van der Waals surface area (Å²) in [4.78, 5) is 39.4. The summed E-state index contributed by atoms with van der Waals surface area (Å²) in [6.07, 6.45) is 1.63. The van der Waals surface area contributed by atoms with Crippen LogP contribution in [0.1, 0.15) is 22.8 Å². The Kier molecular flexibility index (Phi) is 9.72. The van der Waals surface area contributed by atoms with Crippen molar-refractivity contribution in [3.63, 3.8) is 0 Å². The van der Waals surface area contributed by atoms with E-state index in [1.165, 1.54) is 11.8 Å². The highest BCUT2D eigenvalue weighted by Gasteiger charge is 2.17. The van der Waals surface area contributed by atoms with E-state index >= 15 is 0 Å². The molecular weight excluding hydrogens is 574 g/mol. The number of benzene rings is 4. The van der Waals surface area contributed by atoms with Crippen molar-refractivity contribution in [1.29, 1.82) is 0 Å². The molecule has 0 aliphatic heterocycles. The Bertz CT molecular complexity index is 1460. The highest BCUT2D eigenvalue weighted by atomic mass is 79.9. The van der Waals surface area contributed by atoms with E-state index < -0.39 is 5.91 Å². The predicted molar refractivity (Wildman–Crippen MR) is 161 cm³/mol. The molecule has 0 aromatic heterocycles. The molecule has 4 aromatic carbocycles. The molecule has 3 amide bonds. The van der Waals surface area contributed by atoms with E-state index in [-0.39, 0.29) is 22.8 Å². The van der Waals surface area contributed by atoms with Crippen molar-refractivity contribution in [3.05, 3.63) is 130 Å². The summed E-state index contributed by atoms with van der Waals surface area (Å²) in [6, 6.07) is 32.6. The van der Waals surface area contributed by atoms with Crippen molar-refractivity contribution >= 4 is 62.9 Å². The topological polar surface area (TPSA) is 87.3 Å². The van der Waals surface area contributed by atoms with Crippen molar-refractivity contribution in [1.82, 2.24) is 5.32 Å². The normalized spacial score (nSPS) is 11.8. The van der Waals surface area contributed by atoms with E-state index in [1.807, 2.05) is 79.7 Å². The van der Waals surface area contributed by atoms with E-state index in [0.29, 0.717) is 11.3 Å². The maximum atomic E-state index is 13.2. The van der Waals surface area contributed by atoms with Gasteiger partial charge in [-0.3, -0.25) is 14.4 Å². The monoisotopic (exact) mass is 599 g/mol. The first-order valence-corrected chi connectivity index (χ1v) is 13.8. The van der Waals surface area contributed by atoms with Gasteiger partial charge in [0.2, 0.25) is 5.91 Å². The molecule has 4 rings (SSSR count). The summed E-state index contributed by atoms with van der Waals surface area (Å²) < 4.78 is 0.941. The van der Waals surface area contributed by atoms with Gasteiger partial charge in [0.1, 0.15) is 5.70 Å². The number of rotatable bonds is 9. The highest BCUT2D eigenvalue weighted by molar-refractivity contribution is 9.10. The van der Waals surface area contributed by atoms with Gasteiger partial charge < -0.3 is 16.0 Å². The molecule has 0 aliphatic rings. The summed E-state index contributed by atoms with van der Waals surface area (Å²) >= 11 is 4.80. The number of amides is 3. The Morgan fingerprint density at radius 2 is 1.31 bits per heavy atom. The van der Waals surface area contributed by atoms with Crippen molar-refractivity contribution in [2.75, 3.05) is 10.6 Å². The lowest BCUT2D eigenvalue weighted by Crippen LogP contribution is -2.30. The lowest BCUT2D eigenvalue weighted by atomic mass is 10.1. The van der Waals surface area contributed by atoms with Crippen molar-refractivity contribution in [2.24, 2.45) is 0 Å². The summed E-state index contributed by atoms with van der Waals surface area (Å²) in [6.45, 7) is 1.84. The van der Waals surface area contributed by atoms with Crippen LogP contribution < -0.4 is 16.0 Å². The van der Waals surface area contributed by atoms with Gasteiger partial charge in [0.25, 0.3) is 11.8 Å². The summed E-state index contributed by atoms with van der Waals surface area (Å²) in [5, 5.41) is 8.16. The van der Waals surface area contributed by atoms with E-state index in [2.05, 4.69) is 31.9 Å². The van der Waals surface area contributed by atoms with Gasteiger partial charge in [-0.1, -0.05) is 64.5 Å². The number of nitrogens with one attached hydrogen (secondary N) is 3. The van der Waals surface area contributed by atoms with Gasteiger partial charge in [0.15, 0.2) is 0 Å². The Hall–Kier alpha value is -4.14. The highest BCUT2D eigenvalue weighted by Crippen LogP contribution is 2.26. The van der Waals surface area contributed by atoms with Crippen molar-refractivity contribution in [3.8, 4) is 0 Å². The van der Waals surface area contributed by atoms with Gasteiger partial charge in [0, 0.05) is 26.3 Å². The van der Waals surface area contributed by atoms with Gasteiger partial charge in [-0.05, 0) is 79.2 Å². The first kappa shape index (κ1) is 27.9. The fourth-order valence-corrected chi connectivity index (χ4v) is 4.64. The lowest BCUT2D eigenvalue weighted by molar-refractivity contribution is -0.115. The van der Waals surface area contributed by atoms with Crippen LogP contribution in [0.4, 0.5) is 11.4 Å². The molecule has 0 saturated heterocycles. The van der Waals surface area contributed by atoms with Crippen LogP contribution >= 0.6 is 27.7 Å². The number of hydrogen-bond acceptors (Lipinski definition) is 4. The number of thioether (sulfide) groups is 1. The smallest absolute Gasteiger partial charge is 0.272 e. The van der Waals surface area contributed by atoms with Crippen LogP contribution in [0.2, 0.25) is 0 Å². The van der Waals surface area contributed by atoms with E-state index in [1.54, 1.807) is 42.5 Å². The van der Waals surface area contributed by atoms with E-state index in [9.17, 15) is 14.4 Å². The Labute approximate surface area is 240 Å². The molecule has 196 valence electrons. The zero-order chi connectivity index (χ0) is 27.6. The zero-order valence-corrected chi connectivity index (χ0v) is 23.5. The largest absolute Gasteiger partial charge is 0.325 e. The molecule has 1 unspecified atom stereocenters. The molecule has 0 radical (unpaired) electrons. The summed E-state index contributed by atoms with van der Waals surface area (Å²) in [5.41, 5.74) is 2.63. The van der Waals surface area contributed by atoms with Gasteiger partial charge in [0.05, 0.1) is 5.25 Å². The van der Waals surface area contributed by atoms with Gasteiger partial charge in [-0.15, -0.1) is 11.8 Å². The SMILES string of the molecule is CC(Sc1ccc(NC(=O)/C(=C/c2ccccc2)NC(=O)c2ccccc2)cc1)C(=O)Nc1ccc(Br)cc1. The molecule has 0 bridgehead atoms. The van der Waals surface area contributed by atoms with Crippen LogP contribution in [0, 0.1) is 0 Å². The lowest BCUT2D eigenvalue weighted by Gasteiger charge is -2.13. The average Bonchev–Trinajstić information content (AvgIpc) is 2.96. The second-order valence-corrected chi connectivity index (χ2v) is 10.9. The number of carbonyl (C=O) groups excluding carboxylic acids is 3. The standard InChI is InChI=1S/C31H26BrN3O3S/c1-21(29(36)33-25-14-12-24(32)13-15-25)39-27-18-16-26(17-19-27)34-31(38)28(20-22-8-4-2-5-9-22)35-30(37)23-10-6-3-7-11-23/h2-21H,1H3,(H,33,36)(H,34,38)(H,35,37)/b28-20-. The van der Waals surface area contributed by atoms with Crippen molar-refractivity contribution < 1.29 is 14.4 Å². The van der Waals surface area contributed by atoms with Crippen LogP contribution in [0.3, 0.4) is 0 Å². The molecule has 0 saturated carbocycles. The molecule has 8 heteroatoms. The minimum absolute atomic E-state index is 0.107. The maximum Gasteiger partial charge on any atom is 0.272 e. The predicted octanol–water partition coefficient (Wildman–Crippen LogP) is 6.98. The van der Waals surface area contributed by atoms with Crippen LogP contribution in [-0.2, 0) is 9.59 Å². The number of carbonyl (C=O) groups is 3. The van der Waals surface area contributed by atoms with Crippen LogP contribution in [0.5, 0.6) is 0 Å². The first-order valence-electron chi connectivity index (χ1n) is 12.1. The molecule has 0 spiro atoms. The fourth-order valence-electron chi connectivity index (χ4n) is 3.51. The third kappa shape index (κ3) is 8.43. The average molecular weight is 601 g/mol. The van der Waals surface area contributed by atoms with Gasteiger partial charge >= 0.3 is 0 Å². The second kappa shape index (κ2) is 13.6. The van der Waals surface area contributed by atoms with Gasteiger partial charge in [-0.25, -0.2) is 0 Å². The Morgan fingerprint density at radius 1 is 0.744 bits per heavy atom. The maximum absolute atomic E-state index is 13.2. The Morgan fingerprint density at radius 3 is 1.95 bits per heavy atom. The second-order valence-electron chi connectivity index (χ2n) is 8.52. The first-order chi connectivity index (χ1) is 18.9. The molecule has 0 fully saturated rings. The quantitative estimate of drug-likeness (QED) is 0.143. The minimum Gasteiger partial charge on any atom is -0.325 e. The fraction of sp³-hybridized carbons (Fsp3) is 0.0645. The number of anilines is 2. The minimum atomic E-state index is -0.453. The summed E-state index contributed by atoms with van der Waals surface area (Å²) in [5.74, 6) is -0.939. The van der Waals surface area contributed by atoms with Crippen LogP contribution in [0.25, 0.3) is 6.08 Å². The zero-order valence-electron chi connectivity index (χ0n) is 21.1. The van der Waals surface area contributed by atoms with Crippen molar-refractivity contribution in [2.45, 2.75) is 17.1 Å². The molecule has 1 atom stereocenters. The van der Waals surface area contributed by atoms with Crippen LogP contribution in [-0.4, -0.2) is 23.0 Å². The molecule has 6 nitrogen and oxygen atoms in total. The van der Waals surface area contributed by atoms with E-state index in [0.717, 1.165) is 20.6 Å². The molecule has 39 heavy (non-hydrogen) atoms. The van der Waals surface area contributed by atoms with Gasteiger partial charge in [-0.2, -0.15) is 0 Å².